The summed E-state index contributed by atoms with van der Waals surface area (Å²) in [5, 5.41) is 0. The van der Waals surface area contributed by atoms with E-state index in [9.17, 15) is 9.59 Å². The Morgan fingerprint density at radius 3 is 2.32 bits per heavy atom. The first-order valence-electron chi connectivity index (χ1n) is 6.24. The number of benzene rings is 1. The Morgan fingerprint density at radius 2 is 1.68 bits per heavy atom. The lowest BCUT2D eigenvalue weighted by molar-refractivity contribution is -0.134. The zero-order valence-electron chi connectivity index (χ0n) is 11.0. The summed E-state index contributed by atoms with van der Waals surface area (Å²) in [6, 6.07) is 9.17. The van der Waals surface area contributed by atoms with Crippen LogP contribution in [0.4, 0.5) is 0 Å². The number of unbranched alkanes of at least 4 members (excludes halogenated alkanes) is 2. The number of hydrogen-bond donors (Lipinski definition) is 0. The smallest absolute Gasteiger partial charge is 0.330 e. The van der Waals surface area contributed by atoms with Crippen molar-refractivity contribution >= 4 is 11.8 Å². The molecule has 19 heavy (non-hydrogen) atoms. The third-order valence-corrected chi connectivity index (χ3v) is 2.52. The topological polar surface area (TPSA) is 43.4 Å². The Morgan fingerprint density at radius 1 is 1.05 bits per heavy atom. The molecule has 0 radical (unpaired) electrons. The van der Waals surface area contributed by atoms with Gasteiger partial charge in [0.2, 0.25) is 0 Å². The van der Waals surface area contributed by atoms with Crippen LogP contribution >= 0.6 is 0 Å². The molecule has 0 N–H and O–H groups in total. The van der Waals surface area contributed by atoms with Gasteiger partial charge in [0.1, 0.15) is 0 Å². The van der Waals surface area contributed by atoms with Gasteiger partial charge in [-0.2, -0.15) is 0 Å². The second-order valence-corrected chi connectivity index (χ2v) is 3.99. The number of hydrogen-bond acceptors (Lipinski definition) is 3. The van der Waals surface area contributed by atoms with E-state index in [0.29, 0.717) is 5.56 Å². The summed E-state index contributed by atoms with van der Waals surface area (Å²) in [4.78, 5) is 22.5. The number of ketones is 1. The van der Waals surface area contributed by atoms with E-state index in [1.54, 1.807) is 24.3 Å². The molecule has 0 heterocycles. The molecule has 1 rings (SSSR count). The summed E-state index contributed by atoms with van der Waals surface area (Å²) >= 11 is 0. The van der Waals surface area contributed by atoms with Crippen LogP contribution in [0.1, 0.15) is 29.6 Å². The van der Waals surface area contributed by atoms with Crippen LogP contribution in [0, 0.1) is 0 Å². The Balaban J connectivity index is 2.22. The minimum atomic E-state index is -0.338. The van der Waals surface area contributed by atoms with Crippen molar-refractivity contribution in [1.29, 1.82) is 0 Å². The van der Waals surface area contributed by atoms with Crippen LogP contribution in [-0.4, -0.2) is 18.9 Å². The van der Waals surface area contributed by atoms with Crippen LogP contribution in [0.15, 0.2) is 54.6 Å². The standard InChI is InChI=1S/C16H18O3/c1-19-16(18)13-9-4-2-3-8-12-15(17)14-10-6-5-7-11-14/h5-13H,2-4H2,1H3. The molecule has 0 atom stereocenters. The van der Waals surface area contributed by atoms with Gasteiger partial charge in [-0.25, -0.2) is 4.79 Å². The van der Waals surface area contributed by atoms with E-state index < -0.39 is 0 Å². The molecule has 0 aromatic heterocycles. The van der Waals surface area contributed by atoms with Crippen molar-refractivity contribution in [3.05, 3.63) is 60.2 Å². The van der Waals surface area contributed by atoms with Crippen LogP contribution in [0.5, 0.6) is 0 Å². The first kappa shape index (κ1) is 14.9. The molecular formula is C16H18O3. The largest absolute Gasteiger partial charge is 0.466 e. The van der Waals surface area contributed by atoms with E-state index in [4.69, 9.17) is 0 Å². The van der Waals surface area contributed by atoms with Crippen molar-refractivity contribution in [3.63, 3.8) is 0 Å². The fourth-order valence-electron chi connectivity index (χ4n) is 1.49. The third kappa shape index (κ3) is 6.36. The van der Waals surface area contributed by atoms with Crippen LogP contribution in [0.2, 0.25) is 0 Å². The average molecular weight is 258 g/mol. The molecule has 0 unspecified atom stereocenters. The second kappa shape index (κ2) is 8.86. The van der Waals surface area contributed by atoms with Crippen molar-refractivity contribution in [2.24, 2.45) is 0 Å². The molecule has 0 fully saturated rings. The molecule has 0 amide bonds. The Kier molecular flexibility index (Phi) is 6.95. The Labute approximate surface area is 113 Å². The van der Waals surface area contributed by atoms with E-state index in [1.165, 1.54) is 13.2 Å². The third-order valence-electron chi connectivity index (χ3n) is 2.52. The summed E-state index contributed by atoms with van der Waals surface area (Å²) in [6.07, 6.45) is 9.15. The molecule has 1 aromatic carbocycles. The normalized spacial score (nSPS) is 11.0. The van der Waals surface area contributed by atoms with Gasteiger partial charge in [0.15, 0.2) is 5.78 Å². The maximum atomic E-state index is 11.7. The van der Waals surface area contributed by atoms with Gasteiger partial charge in [0.25, 0.3) is 0 Å². The fraction of sp³-hybridized carbons (Fsp3) is 0.250. The number of ether oxygens (including phenoxy) is 1. The molecule has 1 aromatic rings. The highest BCUT2D eigenvalue weighted by atomic mass is 16.5. The van der Waals surface area contributed by atoms with E-state index in [1.807, 2.05) is 24.3 Å². The molecule has 0 aliphatic carbocycles. The number of allylic oxidation sites excluding steroid dienone is 3. The summed E-state index contributed by atoms with van der Waals surface area (Å²) in [6.45, 7) is 0. The van der Waals surface area contributed by atoms with Gasteiger partial charge in [0.05, 0.1) is 7.11 Å². The molecule has 0 aliphatic heterocycles. The molecule has 3 heteroatoms. The number of carbonyl (C=O) groups is 2. The first-order valence-corrected chi connectivity index (χ1v) is 6.24. The zero-order chi connectivity index (χ0) is 13.9. The predicted octanol–water partition coefficient (Wildman–Crippen LogP) is 3.33. The van der Waals surface area contributed by atoms with Crippen LogP contribution < -0.4 is 0 Å². The summed E-state index contributed by atoms with van der Waals surface area (Å²) in [7, 11) is 1.35. The lowest BCUT2D eigenvalue weighted by Gasteiger charge is -1.94. The maximum Gasteiger partial charge on any atom is 0.330 e. The van der Waals surface area contributed by atoms with E-state index in [-0.39, 0.29) is 11.8 Å². The SMILES string of the molecule is COC(=O)C=CCCCC=CC(=O)c1ccccc1. The summed E-state index contributed by atoms with van der Waals surface area (Å²) in [5.74, 6) is -0.319. The van der Waals surface area contributed by atoms with Gasteiger partial charge in [-0.1, -0.05) is 42.5 Å². The van der Waals surface area contributed by atoms with Crippen LogP contribution in [0.3, 0.4) is 0 Å². The number of esters is 1. The minimum absolute atomic E-state index is 0.0192. The molecule has 100 valence electrons. The lowest BCUT2D eigenvalue weighted by Crippen LogP contribution is -1.93. The van der Waals surface area contributed by atoms with Gasteiger partial charge >= 0.3 is 5.97 Å². The molecule has 3 nitrogen and oxygen atoms in total. The van der Waals surface area contributed by atoms with Crippen molar-refractivity contribution in [2.75, 3.05) is 7.11 Å². The van der Waals surface area contributed by atoms with Gasteiger partial charge in [-0.05, 0) is 25.3 Å². The summed E-state index contributed by atoms with van der Waals surface area (Å²) in [5.41, 5.74) is 0.698. The van der Waals surface area contributed by atoms with Gasteiger partial charge < -0.3 is 4.74 Å². The average Bonchev–Trinajstić information content (AvgIpc) is 2.46. The zero-order valence-corrected chi connectivity index (χ0v) is 11.0. The number of rotatable bonds is 7. The maximum absolute atomic E-state index is 11.7. The molecule has 0 spiro atoms. The van der Waals surface area contributed by atoms with Gasteiger partial charge in [-0.3, -0.25) is 4.79 Å². The second-order valence-electron chi connectivity index (χ2n) is 3.99. The predicted molar refractivity (Wildman–Crippen MR) is 74.9 cm³/mol. The van der Waals surface area contributed by atoms with Gasteiger partial charge in [0, 0.05) is 11.6 Å². The van der Waals surface area contributed by atoms with E-state index >= 15 is 0 Å². The first-order chi connectivity index (χ1) is 9.24. The number of methoxy groups -OCH3 is 1. The lowest BCUT2D eigenvalue weighted by atomic mass is 10.1. The van der Waals surface area contributed by atoms with Crippen LogP contribution in [-0.2, 0) is 9.53 Å². The number of carbonyl (C=O) groups excluding carboxylic acids is 2. The molecule has 0 saturated heterocycles. The Hall–Kier alpha value is -2.16. The summed E-state index contributed by atoms with van der Waals surface area (Å²) < 4.78 is 4.47. The van der Waals surface area contributed by atoms with Crippen molar-refractivity contribution < 1.29 is 14.3 Å². The van der Waals surface area contributed by atoms with Crippen molar-refractivity contribution in [3.8, 4) is 0 Å². The molecule has 0 aliphatic rings. The van der Waals surface area contributed by atoms with Crippen molar-refractivity contribution in [1.82, 2.24) is 0 Å². The highest BCUT2D eigenvalue weighted by molar-refractivity contribution is 6.04. The fourth-order valence-corrected chi connectivity index (χ4v) is 1.49. The molecule has 0 bridgehead atoms. The molecular weight excluding hydrogens is 240 g/mol. The van der Waals surface area contributed by atoms with Gasteiger partial charge in [-0.15, -0.1) is 0 Å². The van der Waals surface area contributed by atoms with Crippen LogP contribution in [0.25, 0.3) is 0 Å². The monoisotopic (exact) mass is 258 g/mol. The minimum Gasteiger partial charge on any atom is -0.466 e. The molecule has 0 saturated carbocycles. The van der Waals surface area contributed by atoms with Crippen molar-refractivity contribution in [2.45, 2.75) is 19.3 Å². The Bertz CT molecular complexity index is 458. The highest BCUT2D eigenvalue weighted by Gasteiger charge is 1.98. The van der Waals surface area contributed by atoms with E-state index in [2.05, 4.69) is 4.74 Å². The highest BCUT2D eigenvalue weighted by Crippen LogP contribution is 2.03. The quantitative estimate of drug-likeness (QED) is 0.326. The van der Waals surface area contributed by atoms with E-state index in [0.717, 1.165) is 19.3 Å².